The van der Waals surface area contributed by atoms with Gasteiger partial charge in [-0.2, -0.15) is 0 Å². The van der Waals surface area contributed by atoms with Crippen molar-refractivity contribution in [3.63, 3.8) is 0 Å². The third-order valence-electron chi connectivity index (χ3n) is 4.45. The van der Waals surface area contributed by atoms with Crippen molar-refractivity contribution in [2.75, 3.05) is 20.2 Å². The molecule has 3 rings (SSSR count). The van der Waals surface area contributed by atoms with Gasteiger partial charge in [0.2, 0.25) is 0 Å². The molecule has 0 unspecified atom stereocenters. The molecular weight excluding hydrogens is 310 g/mol. The maximum Gasteiger partial charge on any atom is 0.336 e. The number of likely N-dealkylation sites (tertiary alicyclic amines) is 1. The third-order valence-corrected chi connectivity index (χ3v) is 4.45. The van der Waals surface area contributed by atoms with Gasteiger partial charge in [-0.25, -0.2) is 4.79 Å². The summed E-state index contributed by atoms with van der Waals surface area (Å²) in [7, 11) is 1.58. The fraction of sp³-hybridized carbons (Fsp3) is 0.444. The molecule has 0 spiro atoms. The van der Waals surface area contributed by atoms with Crippen LogP contribution in [0.1, 0.15) is 30.4 Å². The number of carbonyl (C=O) groups is 1. The van der Waals surface area contributed by atoms with E-state index in [-0.39, 0.29) is 6.42 Å². The number of carboxylic acid groups (broad SMARTS) is 1. The molecule has 1 saturated heterocycles. The molecule has 128 valence electrons. The molecule has 0 saturated carbocycles. The van der Waals surface area contributed by atoms with Crippen molar-refractivity contribution in [1.82, 2.24) is 4.90 Å². The zero-order valence-corrected chi connectivity index (χ0v) is 13.7. The average Bonchev–Trinajstić information content (AvgIpc) is 2.56. The molecule has 1 aromatic carbocycles. The molecule has 2 heterocycles. The molecule has 1 aliphatic heterocycles. The number of fused-ring (bicyclic) bond motifs is 1. The lowest BCUT2D eigenvalue weighted by Crippen LogP contribution is -2.29. The Bertz CT molecular complexity index is 805. The van der Waals surface area contributed by atoms with E-state index in [0.717, 1.165) is 31.5 Å². The van der Waals surface area contributed by atoms with Crippen LogP contribution in [0.4, 0.5) is 0 Å². The Balaban J connectivity index is 2.11. The van der Waals surface area contributed by atoms with E-state index in [1.54, 1.807) is 13.2 Å². The van der Waals surface area contributed by atoms with Crippen LogP contribution in [0.5, 0.6) is 5.75 Å². The lowest BCUT2D eigenvalue weighted by atomic mass is 10.0. The second kappa shape index (κ2) is 7.05. The van der Waals surface area contributed by atoms with E-state index in [1.165, 1.54) is 12.5 Å². The highest BCUT2D eigenvalue weighted by Gasteiger charge is 2.19. The highest BCUT2D eigenvalue weighted by atomic mass is 16.5. The van der Waals surface area contributed by atoms with E-state index in [2.05, 4.69) is 4.90 Å². The highest BCUT2D eigenvalue weighted by molar-refractivity contribution is 5.88. The minimum atomic E-state index is -0.977. The third kappa shape index (κ3) is 3.43. The fourth-order valence-corrected chi connectivity index (χ4v) is 3.32. The first kappa shape index (κ1) is 16.5. The Hall–Kier alpha value is -2.34. The largest absolute Gasteiger partial charge is 0.496 e. The van der Waals surface area contributed by atoms with Crippen LogP contribution >= 0.6 is 0 Å². The van der Waals surface area contributed by atoms with Gasteiger partial charge in [-0.3, -0.25) is 9.69 Å². The Morgan fingerprint density at radius 1 is 1.29 bits per heavy atom. The summed E-state index contributed by atoms with van der Waals surface area (Å²) >= 11 is 0. The van der Waals surface area contributed by atoms with Gasteiger partial charge >= 0.3 is 11.6 Å². The van der Waals surface area contributed by atoms with Gasteiger partial charge in [0.05, 0.1) is 19.1 Å². The van der Waals surface area contributed by atoms with Gasteiger partial charge in [0, 0.05) is 18.0 Å². The Morgan fingerprint density at radius 3 is 2.71 bits per heavy atom. The second-order valence-electron chi connectivity index (χ2n) is 6.12. The maximum atomic E-state index is 11.9. The summed E-state index contributed by atoms with van der Waals surface area (Å²) in [5, 5.41) is 9.74. The highest BCUT2D eigenvalue weighted by Crippen LogP contribution is 2.31. The number of carboxylic acids is 1. The summed E-state index contributed by atoms with van der Waals surface area (Å²) in [4.78, 5) is 25.3. The van der Waals surface area contributed by atoms with E-state index in [0.29, 0.717) is 28.8 Å². The molecule has 6 heteroatoms. The summed E-state index contributed by atoms with van der Waals surface area (Å²) in [5.74, 6) is -0.320. The van der Waals surface area contributed by atoms with Crippen LogP contribution in [0.2, 0.25) is 0 Å². The predicted molar refractivity (Wildman–Crippen MR) is 89.5 cm³/mol. The average molecular weight is 331 g/mol. The second-order valence-corrected chi connectivity index (χ2v) is 6.12. The normalized spacial score (nSPS) is 15.5. The number of aliphatic carboxylic acids is 1. The van der Waals surface area contributed by atoms with E-state index >= 15 is 0 Å². The molecule has 0 amide bonds. The molecule has 6 nitrogen and oxygen atoms in total. The summed E-state index contributed by atoms with van der Waals surface area (Å²) in [6.07, 6.45) is 3.33. The number of ether oxygens (including phenoxy) is 1. The summed E-state index contributed by atoms with van der Waals surface area (Å²) in [5.41, 5.74) is 1.17. The molecule has 0 atom stereocenters. The zero-order valence-electron chi connectivity index (χ0n) is 13.7. The van der Waals surface area contributed by atoms with Crippen LogP contribution in [0, 0.1) is 0 Å². The van der Waals surface area contributed by atoms with Crippen molar-refractivity contribution in [3.05, 3.63) is 39.7 Å². The van der Waals surface area contributed by atoms with Crippen molar-refractivity contribution in [3.8, 4) is 5.75 Å². The summed E-state index contributed by atoms with van der Waals surface area (Å²) in [6, 6.07) is 4.83. The van der Waals surface area contributed by atoms with E-state index in [9.17, 15) is 9.59 Å². The smallest absolute Gasteiger partial charge is 0.336 e. The van der Waals surface area contributed by atoms with Gasteiger partial charge in [-0.1, -0.05) is 6.42 Å². The fourth-order valence-electron chi connectivity index (χ4n) is 3.32. The van der Waals surface area contributed by atoms with E-state index < -0.39 is 11.6 Å². The zero-order chi connectivity index (χ0) is 17.1. The van der Waals surface area contributed by atoms with Crippen molar-refractivity contribution >= 4 is 16.9 Å². The van der Waals surface area contributed by atoms with Gasteiger partial charge in [-0.15, -0.1) is 0 Å². The van der Waals surface area contributed by atoms with Crippen molar-refractivity contribution in [2.24, 2.45) is 0 Å². The predicted octanol–water partition coefficient (Wildman–Crippen LogP) is 2.41. The number of rotatable bonds is 5. The van der Waals surface area contributed by atoms with Crippen LogP contribution in [-0.2, 0) is 17.8 Å². The standard InChI is InChI=1S/C18H21NO5/c1-23-15-6-5-13-12(9-16(20)21)10-17(22)24-18(13)14(15)11-19-7-3-2-4-8-19/h5-6,10H,2-4,7-9,11H2,1H3,(H,20,21). The monoisotopic (exact) mass is 331 g/mol. The molecule has 0 aliphatic carbocycles. The topological polar surface area (TPSA) is 80.0 Å². The summed E-state index contributed by atoms with van der Waals surface area (Å²) < 4.78 is 10.9. The quantitative estimate of drug-likeness (QED) is 0.848. The van der Waals surface area contributed by atoms with Crippen molar-refractivity contribution in [2.45, 2.75) is 32.2 Å². The van der Waals surface area contributed by atoms with Crippen LogP contribution in [-0.4, -0.2) is 36.2 Å². The number of nitrogens with zero attached hydrogens (tertiary/aromatic N) is 1. The molecule has 24 heavy (non-hydrogen) atoms. The van der Waals surface area contributed by atoms with Gasteiger partial charge in [-0.05, 0) is 43.6 Å². The number of hydrogen-bond acceptors (Lipinski definition) is 5. The van der Waals surface area contributed by atoms with Crippen LogP contribution < -0.4 is 10.4 Å². The molecule has 0 bridgehead atoms. The molecule has 1 aromatic heterocycles. The Labute approximate surface area is 139 Å². The first-order valence-electron chi connectivity index (χ1n) is 8.15. The van der Waals surface area contributed by atoms with Crippen LogP contribution in [0.25, 0.3) is 11.0 Å². The number of piperidine rings is 1. The van der Waals surface area contributed by atoms with Gasteiger partial charge in [0.1, 0.15) is 11.3 Å². The molecule has 1 aliphatic rings. The Morgan fingerprint density at radius 2 is 2.04 bits per heavy atom. The first-order chi connectivity index (χ1) is 11.6. The van der Waals surface area contributed by atoms with Crippen LogP contribution in [0.3, 0.4) is 0 Å². The minimum Gasteiger partial charge on any atom is -0.496 e. The maximum absolute atomic E-state index is 11.9. The lowest BCUT2D eigenvalue weighted by Gasteiger charge is -2.27. The first-order valence-corrected chi connectivity index (χ1v) is 8.15. The number of hydrogen-bond donors (Lipinski definition) is 1. The van der Waals surface area contributed by atoms with E-state index in [4.69, 9.17) is 14.3 Å². The molecule has 2 aromatic rings. The molecule has 1 N–H and O–H groups in total. The lowest BCUT2D eigenvalue weighted by molar-refractivity contribution is -0.136. The van der Waals surface area contributed by atoms with Crippen molar-refractivity contribution in [1.29, 1.82) is 0 Å². The number of benzene rings is 1. The minimum absolute atomic E-state index is 0.211. The summed E-state index contributed by atoms with van der Waals surface area (Å²) in [6.45, 7) is 2.62. The van der Waals surface area contributed by atoms with Gasteiger partial charge in [0.15, 0.2) is 0 Å². The van der Waals surface area contributed by atoms with Gasteiger partial charge in [0.25, 0.3) is 0 Å². The Kier molecular flexibility index (Phi) is 4.85. The van der Waals surface area contributed by atoms with Crippen LogP contribution in [0.15, 0.2) is 27.4 Å². The number of methoxy groups -OCH3 is 1. The van der Waals surface area contributed by atoms with Gasteiger partial charge < -0.3 is 14.3 Å². The van der Waals surface area contributed by atoms with Crippen molar-refractivity contribution < 1.29 is 19.1 Å². The van der Waals surface area contributed by atoms with E-state index in [1.807, 2.05) is 6.07 Å². The molecular formula is C18H21NO5. The molecule has 0 radical (unpaired) electrons. The molecule has 1 fully saturated rings. The SMILES string of the molecule is COc1ccc2c(CC(=O)O)cc(=O)oc2c1CN1CCCCC1.